The third kappa shape index (κ3) is 9.98. The summed E-state index contributed by atoms with van der Waals surface area (Å²) in [4.78, 5) is 17.4. The summed E-state index contributed by atoms with van der Waals surface area (Å²) in [5.74, 6) is 0.0875. The molecule has 0 spiro atoms. The number of carbonyl (C=O) groups excluding carboxylic acids is 1. The quantitative estimate of drug-likeness (QED) is 0.615. The van der Waals surface area contributed by atoms with Crippen LogP contribution in [0.15, 0.2) is 24.4 Å². The second kappa shape index (κ2) is 18.2. The SMILES string of the molecule is CC.CC.CC.CCC.Cc1ccc2[nH]cc(CC(N)C(=O)N3CCCC3)c2c1. The van der Waals surface area contributed by atoms with Gasteiger partial charge in [0.15, 0.2) is 0 Å². The van der Waals surface area contributed by atoms with E-state index in [2.05, 4.69) is 44.0 Å². The van der Waals surface area contributed by atoms with Gasteiger partial charge in [-0.15, -0.1) is 0 Å². The number of aromatic nitrogens is 1. The fourth-order valence-corrected chi connectivity index (χ4v) is 2.96. The van der Waals surface area contributed by atoms with Gasteiger partial charge in [0.1, 0.15) is 0 Å². The topological polar surface area (TPSA) is 62.1 Å². The van der Waals surface area contributed by atoms with Crippen LogP contribution in [-0.4, -0.2) is 34.9 Å². The maximum atomic E-state index is 12.3. The number of nitrogens with zero attached hydrogens (tertiary/aromatic N) is 1. The molecule has 4 heteroatoms. The summed E-state index contributed by atoms with van der Waals surface area (Å²) >= 11 is 0. The van der Waals surface area contributed by atoms with Crippen molar-refractivity contribution in [3.8, 4) is 0 Å². The number of rotatable bonds is 3. The van der Waals surface area contributed by atoms with Gasteiger partial charge in [-0.3, -0.25) is 4.79 Å². The van der Waals surface area contributed by atoms with Gasteiger partial charge in [0, 0.05) is 30.2 Å². The van der Waals surface area contributed by atoms with Crippen molar-refractivity contribution >= 4 is 16.8 Å². The third-order valence-corrected chi connectivity index (χ3v) is 4.10. The fourth-order valence-electron chi connectivity index (χ4n) is 2.96. The van der Waals surface area contributed by atoms with Crippen LogP contribution in [0.4, 0.5) is 0 Å². The molecule has 1 saturated heterocycles. The zero-order valence-electron chi connectivity index (χ0n) is 20.6. The first-order valence-corrected chi connectivity index (χ1v) is 11.7. The van der Waals surface area contributed by atoms with Gasteiger partial charge in [-0.25, -0.2) is 0 Å². The molecule has 2 heterocycles. The number of aromatic amines is 1. The molecule has 1 fully saturated rings. The number of H-pyrrole nitrogens is 1. The first-order valence-electron chi connectivity index (χ1n) is 11.7. The molecular weight excluding hydrogens is 358 g/mol. The summed E-state index contributed by atoms with van der Waals surface area (Å²) in [5, 5.41) is 1.18. The summed E-state index contributed by atoms with van der Waals surface area (Å²) in [6.45, 7) is 20.0. The normalized spacial score (nSPS) is 12.8. The molecule has 1 aromatic carbocycles. The highest BCUT2D eigenvalue weighted by Crippen LogP contribution is 2.21. The van der Waals surface area contributed by atoms with Crippen molar-refractivity contribution in [2.45, 2.75) is 94.0 Å². The van der Waals surface area contributed by atoms with Crippen LogP contribution in [0.3, 0.4) is 0 Å². The van der Waals surface area contributed by atoms with Gasteiger partial charge in [0.25, 0.3) is 0 Å². The summed E-state index contributed by atoms with van der Waals surface area (Å²) < 4.78 is 0. The van der Waals surface area contributed by atoms with E-state index >= 15 is 0 Å². The minimum Gasteiger partial charge on any atom is -0.361 e. The molecule has 29 heavy (non-hydrogen) atoms. The van der Waals surface area contributed by atoms with E-state index in [4.69, 9.17) is 5.73 Å². The fraction of sp³-hybridized carbons (Fsp3) is 0.640. The molecule has 1 aromatic heterocycles. The Morgan fingerprint density at radius 2 is 1.59 bits per heavy atom. The number of hydrogen-bond donors (Lipinski definition) is 2. The molecule has 0 bridgehead atoms. The van der Waals surface area contributed by atoms with E-state index in [1.807, 2.05) is 52.6 Å². The molecular formula is C25H47N3O. The molecule has 1 aliphatic heterocycles. The van der Waals surface area contributed by atoms with Crippen LogP contribution in [0.25, 0.3) is 10.9 Å². The van der Waals surface area contributed by atoms with E-state index in [1.54, 1.807) is 0 Å². The summed E-state index contributed by atoms with van der Waals surface area (Å²) in [6, 6.07) is 5.86. The van der Waals surface area contributed by atoms with Crippen LogP contribution in [-0.2, 0) is 11.2 Å². The molecule has 1 aliphatic rings. The van der Waals surface area contributed by atoms with Gasteiger partial charge in [0.05, 0.1) is 6.04 Å². The van der Waals surface area contributed by atoms with Crippen molar-refractivity contribution in [1.29, 1.82) is 0 Å². The van der Waals surface area contributed by atoms with E-state index in [-0.39, 0.29) is 5.91 Å². The minimum absolute atomic E-state index is 0.0875. The van der Waals surface area contributed by atoms with Gasteiger partial charge < -0.3 is 15.6 Å². The molecule has 2 aromatic rings. The Labute approximate surface area is 180 Å². The van der Waals surface area contributed by atoms with E-state index < -0.39 is 6.04 Å². The van der Waals surface area contributed by atoms with Gasteiger partial charge in [-0.1, -0.05) is 73.4 Å². The van der Waals surface area contributed by atoms with Crippen molar-refractivity contribution in [3.63, 3.8) is 0 Å². The molecule has 1 unspecified atom stereocenters. The number of amides is 1. The van der Waals surface area contributed by atoms with Crippen molar-refractivity contribution in [2.24, 2.45) is 5.73 Å². The van der Waals surface area contributed by atoms with Crippen LogP contribution >= 0.6 is 0 Å². The Balaban J connectivity index is 0. The standard InChI is InChI=1S/C16H21N3O.C3H8.3C2H6/c1-11-4-5-15-13(8-11)12(10-18-15)9-14(17)16(20)19-6-2-3-7-19;1-3-2;3*1-2/h4-5,8,10,14,18H,2-3,6-7,9,17H2,1H3;3H2,1-2H3;3*1-2H3. The average Bonchev–Trinajstić information content (AvgIpc) is 3.43. The van der Waals surface area contributed by atoms with Gasteiger partial charge in [-0.2, -0.15) is 0 Å². The van der Waals surface area contributed by atoms with Gasteiger partial charge in [-0.05, 0) is 43.9 Å². The second-order valence-electron chi connectivity index (χ2n) is 6.41. The lowest BCUT2D eigenvalue weighted by Gasteiger charge is -2.20. The molecule has 1 atom stereocenters. The lowest BCUT2D eigenvalue weighted by Crippen LogP contribution is -2.43. The summed E-state index contributed by atoms with van der Waals surface area (Å²) in [7, 11) is 0. The molecule has 0 aliphatic carbocycles. The Hall–Kier alpha value is -1.81. The van der Waals surface area contributed by atoms with Gasteiger partial charge in [0.2, 0.25) is 5.91 Å². The van der Waals surface area contributed by atoms with Crippen LogP contribution in [0, 0.1) is 6.92 Å². The number of aryl methyl sites for hydroxylation is 1. The van der Waals surface area contributed by atoms with E-state index in [9.17, 15) is 4.79 Å². The van der Waals surface area contributed by atoms with E-state index in [0.29, 0.717) is 6.42 Å². The van der Waals surface area contributed by atoms with E-state index in [1.165, 1.54) is 17.4 Å². The number of hydrogen-bond acceptors (Lipinski definition) is 2. The maximum absolute atomic E-state index is 12.3. The Morgan fingerprint density at radius 1 is 1.07 bits per heavy atom. The average molecular weight is 406 g/mol. The molecule has 0 radical (unpaired) electrons. The first kappa shape index (κ1) is 29.4. The lowest BCUT2D eigenvalue weighted by atomic mass is 10.0. The number of nitrogens with two attached hydrogens (primary N) is 1. The first-order chi connectivity index (χ1) is 14.1. The number of carbonyl (C=O) groups is 1. The molecule has 4 nitrogen and oxygen atoms in total. The molecule has 0 saturated carbocycles. The van der Waals surface area contributed by atoms with Gasteiger partial charge >= 0.3 is 0 Å². The van der Waals surface area contributed by atoms with Crippen molar-refractivity contribution < 1.29 is 4.79 Å². The smallest absolute Gasteiger partial charge is 0.239 e. The monoisotopic (exact) mass is 405 g/mol. The van der Waals surface area contributed by atoms with Crippen LogP contribution in [0.2, 0.25) is 0 Å². The number of fused-ring (bicyclic) bond motifs is 1. The zero-order valence-corrected chi connectivity index (χ0v) is 20.6. The molecule has 168 valence electrons. The number of likely N-dealkylation sites (tertiary alicyclic amines) is 1. The van der Waals surface area contributed by atoms with Crippen LogP contribution in [0.5, 0.6) is 0 Å². The second-order valence-corrected chi connectivity index (χ2v) is 6.41. The van der Waals surface area contributed by atoms with Crippen molar-refractivity contribution in [1.82, 2.24) is 9.88 Å². The zero-order chi connectivity index (χ0) is 22.8. The number of nitrogens with one attached hydrogen (secondary N) is 1. The third-order valence-electron chi connectivity index (χ3n) is 4.10. The maximum Gasteiger partial charge on any atom is 0.239 e. The molecule has 1 amide bonds. The predicted molar refractivity (Wildman–Crippen MR) is 131 cm³/mol. The Bertz CT molecular complexity index is 643. The van der Waals surface area contributed by atoms with Crippen LogP contribution in [0.1, 0.15) is 85.8 Å². The Kier molecular flexibility index (Phi) is 18.5. The summed E-state index contributed by atoms with van der Waals surface area (Å²) in [5.41, 5.74) is 9.56. The lowest BCUT2D eigenvalue weighted by molar-refractivity contribution is -0.131. The highest BCUT2D eigenvalue weighted by atomic mass is 16.2. The number of benzene rings is 1. The molecule has 3 rings (SSSR count). The van der Waals surface area contributed by atoms with Crippen LogP contribution < -0.4 is 5.73 Å². The van der Waals surface area contributed by atoms with Crippen molar-refractivity contribution in [3.05, 3.63) is 35.5 Å². The molecule has 3 N–H and O–H groups in total. The largest absolute Gasteiger partial charge is 0.361 e. The highest BCUT2D eigenvalue weighted by Gasteiger charge is 2.24. The highest BCUT2D eigenvalue weighted by molar-refractivity contribution is 5.86. The predicted octanol–water partition coefficient (Wildman–Crippen LogP) is 6.46. The van der Waals surface area contributed by atoms with E-state index in [0.717, 1.165) is 37.0 Å². The minimum atomic E-state index is -0.437. The Morgan fingerprint density at radius 3 is 2.10 bits per heavy atom. The van der Waals surface area contributed by atoms with Crippen molar-refractivity contribution in [2.75, 3.05) is 13.1 Å². The summed E-state index contributed by atoms with van der Waals surface area (Å²) in [6.07, 6.45) is 6.02.